The summed E-state index contributed by atoms with van der Waals surface area (Å²) < 4.78 is 22.7. The summed E-state index contributed by atoms with van der Waals surface area (Å²) in [4.78, 5) is 41.3. The molecule has 38 heavy (non-hydrogen) atoms. The quantitative estimate of drug-likeness (QED) is 0.344. The minimum atomic E-state index is -0.898. The third-order valence-corrected chi connectivity index (χ3v) is 6.46. The van der Waals surface area contributed by atoms with E-state index in [4.69, 9.17) is 18.9 Å². The topological polar surface area (TPSA) is 113 Å². The number of ether oxygens (including phenoxy) is 4. The average Bonchev–Trinajstić information content (AvgIpc) is 2.89. The van der Waals surface area contributed by atoms with E-state index in [0.717, 1.165) is 11.1 Å². The number of fused-ring (bicyclic) bond motifs is 1. The molecule has 198 valence electrons. The van der Waals surface area contributed by atoms with Gasteiger partial charge in [0.15, 0.2) is 5.78 Å². The highest BCUT2D eigenvalue weighted by Gasteiger charge is 2.40. The van der Waals surface area contributed by atoms with Gasteiger partial charge < -0.3 is 24.3 Å². The molecule has 1 aliphatic heterocycles. The summed E-state index contributed by atoms with van der Waals surface area (Å²) in [7, 11) is 1.51. The number of amides is 1. The summed E-state index contributed by atoms with van der Waals surface area (Å²) >= 11 is 0. The summed E-state index contributed by atoms with van der Waals surface area (Å²) in [5.41, 5.74) is 2.62. The second-order valence-corrected chi connectivity index (χ2v) is 9.51. The van der Waals surface area contributed by atoms with Gasteiger partial charge in [-0.15, -0.1) is 0 Å². The zero-order valence-corrected chi connectivity index (χ0v) is 22.3. The first-order chi connectivity index (χ1) is 18.0. The summed E-state index contributed by atoms with van der Waals surface area (Å²) in [6, 6.07) is 10.2. The third kappa shape index (κ3) is 5.46. The fraction of sp³-hybridized carbons (Fsp3) is 0.310. The minimum absolute atomic E-state index is 0.0996. The van der Waals surface area contributed by atoms with Crippen molar-refractivity contribution in [1.29, 1.82) is 0 Å². The highest BCUT2D eigenvalue weighted by Crippen LogP contribution is 2.44. The number of nitrogens with zero attached hydrogens (tertiary/aromatic N) is 1. The lowest BCUT2D eigenvalue weighted by Crippen LogP contribution is -2.45. The monoisotopic (exact) mass is 518 g/mol. The van der Waals surface area contributed by atoms with Crippen LogP contribution in [0.4, 0.5) is 5.69 Å². The number of nitrogens with one attached hydrogen (secondary N) is 1. The second kappa shape index (κ2) is 10.5. The zero-order chi connectivity index (χ0) is 27.6. The number of methoxy groups -OCH3 is 1. The van der Waals surface area contributed by atoms with E-state index in [0.29, 0.717) is 45.5 Å². The lowest BCUT2D eigenvalue weighted by molar-refractivity contribution is -0.132. The van der Waals surface area contributed by atoms with Crippen molar-refractivity contribution in [2.45, 2.75) is 46.6 Å². The summed E-state index contributed by atoms with van der Waals surface area (Å²) in [6.07, 6.45) is 1.55. The Kier molecular flexibility index (Phi) is 7.39. The molecular weight excluding hydrogens is 488 g/mol. The number of ketones is 1. The zero-order valence-electron chi connectivity index (χ0n) is 22.3. The Morgan fingerprint density at radius 2 is 1.76 bits per heavy atom. The van der Waals surface area contributed by atoms with Crippen molar-refractivity contribution >= 4 is 23.3 Å². The molecule has 4 rings (SSSR count). The number of carbonyl (C=O) groups is 3. The average molecular weight is 519 g/mol. The summed E-state index contributed by atoms with van der Waals surface area (Å²) in [5, 5.41) is 2.81. The molecule has 1 amide bonds. The smallest absolute Gasteiger partial charge is 0.308 e. The number of esters is 1. The molecule has 1 unspecified atom stereocenters. The molecule has 0 saturated carbocycles. The molecule has 0 aliphatic carbocycles. The number of carbonyl (C=O) groups excluding carboxylic acids is 3. The molecule has 9 heteroatoms. The van der Waals surface area contributed by atoms with Crippen LogP contribution in [0.5, 0.6) is 23.1 Å². The lowest BCUT2D eigenvalue weighted by atomic mass is 9.86. The third-order valence-electron chi connectivity index (χ3n) is 6.46. The molecule has 1 atom stereocenters. The Morgan fingerprint density at radius 1 is 1.05 bits per heavy atom. The number of hydrogen-bond acceptors (Lipinski definition) is 8. The molecule has 9 nitrogen and oxygen atoms in total. The van der Waals surface area contributed by atoms with Gasteiger partial charge in [0.05, 0.1) is 24.7 Å². The molecule has 1 aliphatic rings. The predicted molar refractivity (Wildman–Crippen MR) is 141 cm³/mol. The molecule has 0 fully saturated rings. The maximum absolute atomic E-state index is 13.2. The Morgan fingerprint density at radius 3 is 2.37 bits per heavy atom. The van der Waals surface area contributed by atoms with Crippen LogP contribution in [0.15, 0.2) is 42.6 Å². The van der Waals surface area contributed by atoms with E-state index in [1.54, 1.807) is 43.3 Å². The number of hydrogen-bond donors (Lipinski definition) is 1. The first-order valence-electron chi connectivity index (χ1n) is 12.1. The number of rotatable bonds is 7. The normalized spacial score (nSPS) is 16.2. The van der Waals surface area contributed by atoms with Gasteiger partial charge >= 0.3 is 5.97 Å². The Bertz CT molecular complexity index is 1400. The van der Waals surface area contributed by atoms with Crippen LogP contribution in [-0.2, 0) is 4.79 Å². The van der Waals surface area contributed by atoms with Crippen molar-refractivity contribution in [3.63, 3.8) is 0 Å². The van der Waals surface area contributed by atoms with Gasteiger partial charge in [0.25, 0.3) is 5.91 Å². The summed E-state index contributed by atoms with van der Waals surface area (Å²) in [5.74, 6) is 1.04. The van der Waals surface area contributed by atoms with Gasteiger partial charge in [-0.2, -0.15) is 0 Å². The molecule has 0 spiro atoms. The van der Waals surface area contributed by atoms with E-state index in [1.807, 2.05) is 20.8 Å². The molecule has 2 aromatic carbocycles. The maximum Gasteiger partial charge on any atom is 0.308 e. The van der Waals surface area contributed by atoms with Gasteiger partial charge in [0.1, 0.15) is 29.5 Å². The molecule has 3 aromatic rings. The van der Waals surface area contributed by atoms with Gasteiger partial charge in [-0.05, 0) is 69.2 Å². The van der Waals surface area contributed by atoms with Crippen LogP contribution in [-0.4, -0.2) is 42.0 Å². The predicted octanol–water partition coefficient (Wildman–Crippen LogP) is 5.00. The van der Waals surface area contributed by atoms with Crippen LogP contribution in [0.1, 0.15) is 57.7 Å². The molecule has 0 radical (unpaired) electrons. The molecular formula is C29H30N2O7. The maximum atomic E-state index is 13.2. The largest absolute Gasteiger partial charge is 0.489 e. The minimum Gasteiger partial charge on any atom is -0.489 e. The van der Waals surface area contributed by atoms with Gasteiger partial charge in [-0.3, -0.25) is 14.4 Å². The van der Waals surface area contributed by atoms with E-state index >= 15 is 0 Å². The van der Waals surface area contributed by atoms with Gasteiger partial charge in [-0.25, -0.2) is 4.98 Å². The highest BCUT2D eigenvalue weighted by atomic mass is 16.5. The van der Waals surface area contributed by atoms with E-state index in [1.165, 1.54) is 20.2 Å². The summed E-state index contributed by atoms with van der Waals surface area (Å²) in [6.45, 7) is 8.73. The van der Waals surface area contributed by atoms with Gasteiger partial charge in [0, 0.05) is 30.4 Å². The van der Waals surface area contributed by atoms with Gasteiger partial charge in [0.2, 0.25) is 5.88 Å². The van der Waals surface area contributed by atoms with Crippen molar-refractivity contribution in [2.75, 3.05) is 19.0 Å². The van der Waals surface area contributed by atoms with Crippen molar-refractivity contribution in [1.82, 2.24) is 4.98 Å². The first kappa shape index (κ1) is 26.7. The Labute approximate surface area is 221 Å². The highest BCUT2D eigenvalue weighted by molar-refractivity contribution is 6.04. The van der Waals surface area contributed by atoms with Crippen molar-refractivity contribution in [3.8, 4) is 23.1 Å². The second-order valence-electron chi connectivity index (χ2n) is 9.51. The van der Waals surface area contributed by atoms with Crippen molar-refractivity contribution in [3.05, 3.63) is 70.4 Å². The van der Waals surface area contributed by atoms with Crippen LogP contribution in [0, 0.1) is 20.8 Å². The van der Waals surface area contributed by atoms with Crippen LogP contribution >= 0.6 is 0 Å². The number of Topliss-reactive ketones (excluding diaryl/α,β-unsaturated/α-hetero) is 1. The SMILES string of the molecule is COc1ccc(C(=O)Nc2ccc(OCC3(C)CC(=O)c4c(C)c(OC(C)=O)c(C)c(C)c4O3)cc2)cn1. The van der Waals surface area contributed by atoms with Crippen LogP contribution in [0.25, 0.3) is 0 Å². The van der Waals surface area contributed by atoms with Crippen LogP contribution < -0.4 is 24.3 Å². The molecule has 0 saturated heterocycles. The van der Waals surface area contributed by atoms with E-state index < -0.39 is 11.6 Å². The van der Waals surface area contributed by atoms with Crippen LogP contribution in [0.3, 0.4) is 0 Å². The molecule has 2 heterocycles. The fourth-order valence-electron chi connectivity index (χ4n) is 4.35. The first-order valence-corrected chi connectivity index (χ1v) is 12.1. The standard InChI is InChI=1S/C29H30N2O7/c1-16-17(2)27-25(18(3)26(16)37-19(4)32)23(33)13-29(5,38-27)15-36-22-10-8-21(9-11-22)31-28(34)20-7-12-24(35-6)30-14-20/h7-12,14H,13,15H2,1-6H3,(H,31,34). The van der Waals surface area contributed by atoms with Crippen LogP contribution in [0.2, 0.25) is 0 Å². The molecule has 0 bridgehead atoms. The fourth-order valence-corrected chi connectivity index (χ4v) is 4.35. The molecule has 1 aromatic heterocycles. The number of benzene rings is 2. The number of aromatic nitrogens is 1. The number of pyridine rings is 1. The van der Waals surface area contributed by atoms with E-state index in [2.05, 4.69) is 10.3 Å². The van der Waals surface area contributed by atoms with E-state index in [-0.39, 0.29) is 24.7 Å². The van der Waals surface area contributed by atoms with E-state index in [9.17, 15) is 14.4 Å². The number of anilines is 1. The Hall–Kier alpha value is -4.40. The lowest BCUT2D eigenvalue weighted by Gasteiger charge is -2.36. The van der Waals surface area contributed by atoms with Crippen molar-refractivity contribution in [2.24, 2.45) is 0 Å². The molecule has 1 N–H and O–H groups in total. The Balaban J connectivity index is 1.44. The van der Waals surface area contributed by atoms with Crippen molar-refractivity contribution < 1.29 is 33.3 Å². The van der Waals surface area contributed by atoms with Gasteiger partial charge in [-0.1, -0.05) is 0 Å².